The molecule has 0 heterocycles. The Kier molecular flexibility index (Phi) is 5.21. The average Bonchev–Trinajstić information content (AvgIpc) is 2.53. The van der Waals surface area contributed by atoms with Crippen LogP contribution in [0.1, 0.15) is 18.1 Å². The number of hydrogen-bond donors (Lipinski definition) is 2. The number of guanidine groups is 1. The van der Waals surface area contributed by atoms with Crippen LogP contribution in [0.2, 0.25) is 0 Å². The molecular formula is C17H21N3O. The number of benzene rings is 2. The van der Waals surface area contributed by atoms with E-state index in [0.717, 1.165) is 17.9 Å². The molecule has 0 spiro atoms. The molecular weight excluding hydrogens is 262 g/mol. The highest BCUT2D eigenvalue weighted by atomic mass is 16.5. The maximum atomic E-state index is 5.93. The first-order chi connectivity index (χ1) is 10.2. The van der Waals surface area contributed by atoms with Crippen LogP contribution in [0.25, 0.3) is 0 Å². The van der Waals surface area contributed by atoms with Crippen molar-refractivity contribution < 1.29 is 4.74 Å². The van der Waals surface area contributed by atoms with Crippen LogP contribution in [0, 0.1) is 0 Å². The SMILES string of the molecule is CCc1ccccc1CN=C(N)Nc1cccc(OC)c1. The molecule has 4 heteroatoms. The van der Waals surface area contributed by atoms with E-state index in [1.165, 1.54) is 11.1 Å². The maximum Gasteiger partial charge on any atom is 0.193 e. The van der Waals surface area contributed by atoms with Crippen LogP contribution < -0.4 is 15.8 Å². The van der Waals surface area contributed by atoms with E-state index < -0.39 is 0 Å². The fourth-order valence-corrected chi connectivity index (χ4v) is 2.12. The quantitative estimate of drug-likeness (QED) is 0.654. The van der Waals surface area contributed by atoms with Crippen molar-refractivity contribution in [2.75, 3.05) is 12.4 Å². The Labute approximate surface area is 125 Å². The van der Waals surface area contributed by atoms with E-state index in [9.17, 15) is 0 Å². The second-order valence-electron chi connectivity index (χ2n) is 4.68. The lowest BCUT2D eigenvalue weighted by Crippen LogP contribution is -2.22. The second-order valence-corrected chi connectivity index (χ2v) is 4.68. The Morgan fingerprint density at radius 1 is 1.14 bits per heavy atom. The molecule has 4 nitrogen and oxygen atoms in total. The van der Waals surface area contributed by atoms with Crippen LogP contribution in [0.15, 0.2) is 53.5 Å². The number of nitrogens with two attached hydrogens (primary N) is 1. The smallest absolute Gasteiger partial charge is 0.193 e. The highest BCUT2D eigenvalue weighted by Crippen LogP contribution is 2.16. The zero-order chi connectivity index (χ0) is 15.1. The molecule has 0 radical (unpaired) electrons. The average molecular weight is 283 g/mol. The summed E-state index contributed by atoms with van der Waals surface area (Å²) in [7, 11) is 1.64. The minimum atomic E-state index is 0.397. The number of rotatable bonds is 5. The largest absolute Gasteiger partial charge is 0.497 e. The topological polar surface area (TPSA) is 59.6 Å². The van der Waals surface area contributed by atoms with E-state index in [0.29, 0.717) is 12.5 Å². The molecule has 0 unspecified atom stereocenters. The lowest BCUT2D eigenvalue weighted by Gasteiger charge is -2.08. The molecule has 2 aromatic rings. The second kappa shape index (κ2) is 7.33. The van der Waals surface area contributed by atoms with Crippen LogP contribution in [0.5, 0.6) is 5.75 Å². The summed E-state index contributed by atoms with van der Waals surface area (Å²) >= 11 is 0. The van der Waals surface area contributed by atoms with E-state index in [1.807, 2.05) is 36.4 Å². The molecule has 0 bridgehead atoms. The summed E-state index contributed by atoms with van der Waals surface area (Å²) in [6.45, 7) is 2.72. The number of anilines is 1. The number of aliphatic imine (C=N–C) groups is 1. The van der Waals surface area contributed by atoms with Gasteiger partial charge in [0.1, 0.15) is 5.75 Å². The first-order valence-electron chi connectivity index (χ1n) is 7.00. The first kappa shape index (κ1) is 14.9. The third-order valence-electron chi connectivity index (χ3n) is 3.26. The predicted octanol–water partition coefficient (Wildman–Crippen LogP) is 3.18. The molecule has 0 aliphatic rings. The van der Waals surface area contributed by atoms with E-state index in [2.05, 4.69) is 29.4 Å². The summed E-state index contributed by atoms with van der Waals surface area (Å²) in [4.78, 5) is 4.40. The molecule has 0 saturated carbocycles. The molecule has 0 saturated heterocycles. The van der Waals surface area contributed by atoms with Gasteiger partial charge in [0, 0.05) is 11.8 Å². The number of aryl methyl sites for hydroxylation is 1. The fraction of sp³-hybridized carbons (Fsp3) is 0.235. The highest BCUT2D eigenvalue weighted by molar-refractivity contribution is 5.92. The number of hydrogen-bond acceptors (Lipinski definition) is 2. The molecule has 0 aromatic heterocycles. The molecule has 0 aliphatic heterocycles. The standard InChI is InChI=1S/C17H21N3O/c1-3-13-7-4-5-8-14(13)12-19-17(18)20-15-9-6-10-16(11-15)21-2/h4-11H,3,12H2,1-2H3,(H3,18,19,20). The molecule has 110 valence electrons. The number of ether oxygens (including phenoxy) is 1. The third kappa shape index (κ3) is 4.24. The summed E-state index contributed by atoms with van der Waals surface area (Å²) < 4.78 is 5.18. The van der Waals surface area contributed by atoms with Crippen molar-refractivity contribution in [3.05, 3.63) is 59.7 Å². The Bertz CT molecular complexity index is 623. The Morgan fingerprint density at radius 2 is 1.90 bits per heavy atom. The van der Waals surface area contributed by atoms with E-state index in [1.54, 1.807) is 7.11 Å². The summed E-state index contributed by atoms with van der Waals surface area (Å²) in [6.07, 6.45) is 0.995. The van der Waals surface area contributed by atoms with Gasteiger partial charge in [0.25, 0.3) is 0 Å². The van der Waals surface area contributed by atoms with Gasteiger partial charge in [-0.15, -0.1) is 0 Å². The van der Waals surface area contributed by atoms with E-state index >= 15 is 0 Å². The van der Waals surface area contributed by atoms with E-state index in [-0.39, 0.29) is 0 Å². The van der Waals surface area contributed by atoms with Gasteiger partial charge in [0.2, 0.25) is 0 Å². The lowest BCUT2D eigenvalue weighted by atomic mass is 10.1. The van der Waals surface area contributed by atoms with Gasteiger partial charge < -0.3 is 15.8 Å². The summed E-state index contributed by atoms with van der Waals surface area (Å²) in [5, 5.41) is 3.07. The van der Waals surface area contributed by atoms with Crippen molar-refractivity contribution in [1.82, 2.24) is 0 Å². The number of methoxy groups -OCH3 is 1. The summed E-state index contributed by atoms with van der Waals surface area (Å²) in [6, 6.07) is 15.9. The Morgan fingerprint density at radius 3 is 2.62 bits per heavy atom. The molecule has 21 heavy (non-hydrogen) atoms. The summed E-state index contributed by atoms with van der Waals surface area (Å²) in [5.41, 5.74) is 9.30. The third-order valence-corrected chi connectivity index (χ3v) is 3.26. The molecule has 0 amide bonds. The van der Waals surface area contributed by atoms with Gasteiger partial charge in [0.15, 0.2) is 5.96 Å². The molecule has 2 aromatic carbocycles. The zero-order valence-corrected chi connectivity index (χ0v) is 12.5. The molecule has 0 atom stereocenters. The van der Waals surface area contributed by atoms with Crippen LogP contribution in [0.3, 0.4) is 0 Å². The van der Waals surface area contributed by atoms with Crippen LogP contribution in [0.4, 0.5) is 5.69 Å². The fourth-order valence-electron chi connectivity index (χ4n) is 2.12. The van der Waals surface area contributed by atoms with Crippen LogP contribution in [-0.4, -0.2) is 13.1 Å². The monoisotopic (exact) mass is 283 g/mol. The first-order valence-corrected chi connectivity index (χ1v) is 7.00. The van der Waals surface area contributed by atoms with Gasteiger partial charge in [-0.1, -0.05) is 37.3 Å². The normalized spacial score (nSPS) is 11.2. The molecule has 0 aliphatic carbocycles. The van der Waals surface area contributed by atoms with Gasteiger partial charge in [-0.05, 0) is 29.7 Å². The molecule has 2 rings (SSSR count). The minimum Gasteiger partial charge on any atom is -0.497 e. The van der Waals surface area contributed by atoms with Crippen molar-refractivity contribution >= 4 is 11.6 Å². The summed E-state index contributed by atoms with van der Waals surface area (Å²) in [5.74, 6) is 1.18. The van der Waals surface area contributed by atoms with Crippen LogP contribution in [-0.2, 0) is 13.0 Å². The number of nitrogens with one attached hydrogen (secondary N) is 1. The number of nitrogens with zero attached hydrogens (tertiary/aromatic N) is 1. The highest BCUT2D eigenvalue weighted by Gasteiger charge is 2.00. The maximum absolute atomic E-state index is 5.93. The minimum absolute atomic E-state index is 0.397. The van der Waals surface area contributed by atoms with Gasteiger partial charge in [-0.3, -0.25) is 0 Å². The Hall–Kier alpha value is -2.49. The van der Waals surface area contributed by atoms with Crippen molar-refractivity contribution in [2.24, 2.45) is 10.7 Å². The zero-order valence-electron chi connectivity index (χ0n) is 12.5. The van der Waals surface area contributed by atoms with Crippen molar-refractivity contribution in [1.29, 1.82) is 0 Å². The van der Waals surface area contributed by atoms with Crippen LogP contribution >= 0.6 is 0 Å². The van der Waals surface area contributed by atoms with Crippen molar-refractivity contribution in [3.8, 4) is 5.75 Å². The predicted molar refractivity (Wildman–Crippen MR) is 87.8 cm³/mol. The lowest BCUT2D eigenvalue weighted by molar-refractivity contribution is 0.415. The molecule has 3 N–H and O–H groups in total. The van der Waals surface area contributed by atoms with Crippen molar-refractivity contribution in [3.63, 3.8) is 0 Å². The molecule has 0 fully saturated rings. The van der Waals surface area contributed by atoms with Gasteiger partial charge in [0.05, 0.1) is 13.7 Å². The van der Waals surface area contributed by atoms with Gasteiger partial charge >= 0.3 is 0 Å². The van der Waals surface area contributed by atoms with Crippen molar-refractivity contribution in [2.45, 2.75) is 19.9 Å². The van der Waals surface area contributed by atoms with Gasteiger partial charge in [-0.25, -0.2) is 4.99 Å². The Balaban J connectivity index is 2.04. The van der Waals surface area contributed by atoms with Gasteiger partial charge in [-0.2, -0.15) is 0 Å². The van der Waals surface area contributed by atoms with E-state index in [4.69, 9.17) is 10.5 Å².